The van der Waals surface area contributed by atoms with Gasteiger partial charge in [0.15, 0.2) is 0 Å². The van der Waals surface area contributed by atoms with Crippen molar-refractivity contribution in [3.05, 3.63) is 65.0 Å². The molecule has 3 aromatic heterocycles. The second-order valence-corrected chi connectivity index (χ2v) is 10.4. The van der Waals surface area contributed by atoms with Gasteiger partial charge in [-0.05, 0) is 31.2 Å². The van der Waals surface area contributed by atoms with Crippen LogP contribution >= 0.6 is 11.6 Å². The minimum atomic E-state index is -4.75. The van der Waals surface area contributed by atoms with Gasteiger partial charge in [0.05, 0.1) is 29.3 Å². The largest absolute Gasteiger partial charge is 0.433 e. The molecule has 0 spiro atoms. The Morgan fingerprint density at radius 3 is 2.53 bits per heavy atom. The number of nitrogens with zero attached hydrogens (tertiary/aromatic N) is 5. The monoisotopic (exact) mass is 512 g/mol. The van der Waals surface area contributed by atoms with E-state index in [-0.39, 0.29) is 5.56 Å². The summed E-state index contributed by atoms with van der Waals surface area (Å²) in [5.74, 6) is -0.397. The zero-order chi connectivity index (χ0) is 25.1. The SMILES string of the molecule is CCS(C)(=O)=Nc1ccc(-c2nccnc2[C@H](C)NC(=O)c2cc(Cl)nc(C(F)(F)F)c2)nc1. The molecule has 3 heterocycles. The number of hydrogen-bond donors (Lipinski definition) is 1. The molecule has 0 radical (unpaired) electrons. The van der Waals surface area contributed by atoms with Crippen LogP contribution in [0.15, 0.2) is 47.2 Å². The normalized spacial score (nSPS) is 14.2. The molecular weight excluding hydrogens is 493 g/mol. The standard InChI is InChI=1S/C21H20ClF3N6O2S/c1-4-34(3,33)31-14-5-6-15(28-11-14)19-18(26-7-8-27-19)12(2)29-20(32)13-9-16(21(23,24)25)30-17(22)10-13/h5-12H,4H2,1-3H3,(H,29,32)/t12-,34?/m0/s1. The molecule has 180 valence electrons. The summed E-state index contributed by atoms with van der Waals surface area (Å²) in [6.45, 7) is 3.38. The van der Waals surface area contributed by atoms with E-state index in [0.717, 1.165) is 6.07 Å². The van der Waals surface area contributed by atoms with E-state index >= 15 is 0 Å². The molecule has 34 heavy (non-hydrogen) atoms. The highest BCUT2D eigenvalue weighted by atomic mass is 35.5. The van der Waals surface area contributed by atoms with Crippen LogP contribution in [-0.4, -0.2) is 42.1 Å². The number of amides is 1. The predicted octanol–water partition coefficient (Wildman–Crippen LogP) is 4.85. The van der Waals surface area contributed by atoms with E-state index in [1.54, 1.807) is 32.2 Å². The summed E-state index contributed by atoms with van der Waals surface area (Å²) in [6, 6.07) is 4.20. The van der Waals surface area contributed by atoms with Crippen LogP contribution in [0, 0.1) is 0 Å². The first kappa shape index (κ1) is 25.5. The second-order valence-electron chi connectivity index (χ2n) is 7.29. The highest BCUT2D eigenvalue weighted by molar-refractivity contribution is 7.93. The van der Waals surface area contributed by atoms with Crippen LogP contribution in [0.2, 0.25) is 5.15 Å². The Morgan fingerprint density at radius 2 is 1.91 bits per heavy atom. The Balaban J connectivity index is 1.88. The van der Waals surface area contributed by atoms with Crippen molar-refractivity contribution in [1.29, 1.82) is 0 Å². The van der Waals surface area contributed by atoms with Gasteiger partial charge in [0.2, 0.25) is 0 Å². The topological polar surface area (TPSA) is 110 Å². The number of alkyl halides is 3. The van der Waals surface area contributed by atoms with Gasteiger partial charge in [-0.1, -0.05) is 18.5 Å². The maximum atomic E-state index is 13.0. The van der Waals surface area contributed by atoms with Crippen molar-refractivity contribution in [2.45, 2.75) is 26.1 Å². The first-order valence-corrected chi connectivity index (χ1v) is 12.4. The zero-order valence-electron chi connectivity index (χ0n) is 18.3. The first-order chi connectivity index (χ1) is 15.9. The molecule has 0 fully saturated rings. The van der Waals surface area contributed by atoms with Gasteiger partial charge in [0.1, 0.15) is 16.5 Å². The smallest absolute Gasteiger partial charge is 0.344 e. The van der Waals surface area contributed by atoms with Crippen LogP contribution in [0.4, 0.5) is 18.9 Å². The molecule has 2 atom stereocenters. The molecule has 0 aliphatic rings. The Hall–Kier alpha value is -3.12. The molecule has 3 aromatic rings. The lowest BCUT2D eigenvalue weighted by Crippen LogP contribution is -2.28. The quantitative estimate of drug-likeness (QED) is 0.473. The van der Waals surface area contributed by atoms with E-state index in [9.17, 15) is 22.2 Å². The van der Waals surface area contributed by atoms with Crippen molar-refractivity contribution in [2.24, 2.45) is 4.36 Å². The molecule has 1 amide bonds. The fourth-order valence-corrected chi connectivity index (χ4v) is 3.74. The maximum absolute atomic E-state index is 13.0. The molecule has 3 rings (SSSR count). The number of nitrogens with one attached hydrogen (secondary N) is 1. The summed E-state index contributed by atoms with van der Waals surface area (Å²) in [6.07, 6.45) is 1.12. The highest BCUT2D eigenvalue weighted by Crippen LogP contribution is 2.30. The second kappa shape index (κ2) is 10.0. The lowest BCUT2D eigenvalue weighted by molar-refractivity contribution is -0.141. The van der Waals surface area contributed by atoms with E-state index in [2.05, 4.69) is 29.6 Å². The van der Waals surface area contributed by atoms with Gasteiger partial charge >= 0.3 is 6.18 Å². The molecule has 1 unspecified atom stereocenters. The van der Waals surface area contributed by atoms with Gasteiger partial charge in [-0.25, -0.2) is 9.19 Å². The molecule has 0 aromatic carbocycles. The third-order valence-corrected chi connectivity index (χ3v) is 6.52. The van der Waals surface area contributed by atoms with Gasteiger partial charge in [-0.2, -0.15) is 17.5 Å². The van der Waals surface area contributed by atoms with Gasteiger partial charge in [-0.15, -0.1) is 0 Å². The Morgan fingerprint density at radius 1 is 1.21 bits per heavy atom. The molecule has 0 aliphatic carbocycles. The van der Waals surface area contributed by atoms with Gasteiger partial charge in [-0.3, -0.25) is 19.7 Å². The van der Waals surface area contributed by atoms with Crippen molar-refractivity contribution < 1.29 is 22.2 Å². The number of halogens is 4. The number of carbonyl (C=O) groups excluding carboxylic acids is 1. The summed E-state index contributed by atoms with van der Waals surface area (Å²) in [5, 5.41) is 2.14. The lowest BCUT2D eigenvalue weighted by Gasteiger charge is -2.16. The molecule has 13 heteroatoms. The minimum absolute atomic E-state index is 0.298. The summed E-state index contributed by atoms with van der Waals surface area (Å²) in [5.41, 5.74) is 0.00321. The number of carbonyl (C=O) groups is 1. The van der Waals surface area contributed by atoms with Crippen LogP contribution in [0.25, 0.3) is 11.4 Å². The van der Waals surface area contributed by atoms with E-state index in [0.29, 0.717) is 34.6 Å². The number of hydrogen-bond acceptors (Lipinski definition) is 7. The van der Waals surface area contributed by atoms with Crippen molar-refractivity contribution in [2.75, 3.05) is 12.0 Å². The van der Waals surface area contributed by atoms with Crippen molar-refractivity contribution >= 4 is 32.9 Å². The number of pyridine rings is 2. The molecule has 1 N–H and O–H groups in total. The molecule has 0 saturated carbocycles. The fourth-order valence-electron chi connectivity index (χ4n) is 2.85. The van der Waals surface area contributed by atoms with Crippen LogP contribution in [-0.2, 0) is 15.9 Å². The average Bonchev–Trinajstić information content (AvgIpc) is 2.78. The van der Waals surface area contributed by atoms with Crippen LogP contribution in [0.1, 0.15) is 41.6 Å². The van der Waals surface area contributed by atoms with Crippen molar-refractivity contribution in [3.63, 3.8) is 0 Å². The summed E-state index contributed by atoms with van der Waals surface area (Å²) in [7, 11) is -2.35. The van der Waals surface area contributed by atoms with Crippen LogP contribution in [0.3, 0.4) is 0 Å². The molecule has 0 aliphatic heterocycles. The summed E-state index contributed by atoms with van der Waals surface area (Å²) < 4.78 is 55.4. The zero-order valence-corrected chi connectivity index (χ0v) is 19.9. The molecule has 0 saturated heterocycles. The van der Waals surface area contributed by atoms with Crippen LogP contribution in [0.5, 0.6) is 0 Å². The molecule has 0 bridgehead atoms. The maximum Gasteiger partial charge on any atom is 0.433 e. The molecular formula is C21H20ClF3N6O2S. The van der Waals surface area contributed by atoms with E-state index < -0.39 is 38.7 Å². The van der Waals surface area contributed by atoms with Crippen molar-refractivity contribution in [3.8, 4) is 11.4 Å². The minimum Gasteiger partial charge on any atom is -0.344 e. The fraction of sp³-hybridized carbons (Fsp3) is 0.286. The van der Waals surface area contributed by atoms with Gasteiger partial charge in [0, 0.05) is 39.7 Å². The average molecular weight is 513 g/mol. The lowest BCUT2D eigenvalue weighted by atomic mass is 10.1. The number of rotatable bonds is 6. The highest BCUT2D eigenvalue weighted by Gasteiger charge is 2.34. The first-order valence-electron chi connectivity index (χ1n) is 9.92. The third-order valence-electron chi connectivity index (χ3n) is 4.66. The van der Waals surface area contributed by atoms with E-state index in [1.165, 1.54) is 18.6 Å². The Labute approximate surface area is 199 Å². The number of aromatic nitrogens is 4. The van der Waals surface area contributed by atoms with E-state index in [1.807, 2.05) is 0 Å². The third kappa shape index (κ3) is 6.26. The molecule has 8 nitrogen and oxygen atoms in total. The van der Waals surface area contributed by atoms with E-state index in [4.69, 9.17) is 11.6 Å². The Bertz CT molecular complexity index is 1320. The van der Waals surface area contributed by atoms with Crippen LogP contribution < -0.4 is 5.32 Å². The van der Waals surface area contributed by atoms with Gasteiger partial charge in [0.25, 0.3) is 5.91 Å². The summed E-state index contributed by atoms with van der Waals surface area (Å²) >= 11 is 5.67. The van der Waals surface area contributed by atoms with Crippen molar-refractivity contribution in [1.82, 2.24) is 25.3 Å². The Kier molecular flexibility index (Phi) is 7.51. The summed E-state index contributed by atoms with van der Waals surface area (Å²) in [4.78, 5) is 28.7. The van der Waals surface area contributed by atoms with Gasteiger partial charge < -0.3 is 5.32 Å². The predicted molar refractivity (Wildman–Crippen MR) is 122 cm³/mol.